The van der Waals surface area contributed by atoms with E-state index in [1.54, 1.807) is 17.0 Å². The molecule has 0 bridgehead atoms. The Labute approximate surface area is 232 Å². The number of aryl methyl sites for hydroxylation is 1. The first kappa shape index (κ1) is 27.9. The number of nitrogens with zero attached hydrogens (tertiary/aromatic N) is 3. The quantitative estimate of drug-likeness (QED) is 0.143. The third-order valence-electron chi connectivity index (χ3n) is 5.99. The van der Waals surface area contributed by atoms with E-state index in [0.29, 0.717) is 34.7 Å². The third-order valence-corrected chi connectivity index (χ3v) is 7.00. The number of hydrogen-bond acceptors (Lipinski definition) is 7. The van der Waals surface area contributed by atoms with E-state index in [4.69, 9.17) is 14.5 Å². The van der Waals surface area contributed by atoms with Crippen molar-refractivity contribution in [3.8, 4) is 11.5 Å². The van der Waals surface area contributed by atoms with Gasteiger partial charge in [-0.2, -0.15) is 0 Å². The van der Waals surface area contributed by atoms with E-state index in [-0.39, 0.29) is 18.2 Å². The first-order valence-corrected chi connectivity index (χ1v) is 13.7. The fraction of sp³-hybridized carbons (Fsp3) is 0.267. The Balaban J connectivity index is 1.55. The maximum atomic E-state index is 13.3. The molecule has 1 amide bonds. The van der Waals surface area contributed by atoms with Gasteiger partial charge in [0.2, 0.25) is 0 Å². The Kier molecular flexibility index (Phi) is 9.38. The topological polar surface area (TPSA) is 94.3 Å². The minimum Gasteiger partial charge on any atom is -0.490 e. The fourth-order valence-corrected chi connectivity index (χ4v) is 4.89. The van der Waals surface area contributed by atoms with Crippen LogP contribution in [0.15, 0.2) is 76.6 Å². The molecule has 39 heavy (non-hydrogen) atoms. The molecule has 0 spiro atoms. The molecule has 0 N–H and O–H groups in total. The lowest BCUT2D eigenvalue weighted by molar-refractivity contribution is -0.384. The van der Waals surface area contributed by atoms with E-state index >= 15 is 0 Å². The normalized spacial score (nSPS) is 15.3. The van der Waals surface area contributed by atoms with Crippen molar-refractivity contribution in [2.45, 2.75) is 40.2 Å². The van der Waals surface area contributed by atoms with Crippen molar-refractivity contribution in [1.29, 1.82) is 0 Å². The molecule has 0 radical (unpaired) electrons. The summed E-state index contributed by atoms with van der Waals surface area (Å²) in [4.78, 5) is 30.9. The van der Waals surface area contributed by atoms with Crippen molar-refractivity contribution in [2.24, 2.45) is 4.99 Å². The van der Waals surface area contributed by atoms with Crippen molar-refractivity contribution >= 4 is 40.3 Å². The number of amidine groups is 1. The maximum absolute atomic E-state index is 13.3. The van der Waals surface area contributed by atoms with Crippen LogP contribution in [0.25, 0.3) is 6.08 Å². The van der Waals surface area contributed by atoms with Gasteiger partial charge in [-0.05, 0) is 85.6 Å². The highest BCUT2D eigenvalue weighted by Crippen LogP contribution is 2.36. The summed E-state index contributed by atoms with van der Waals surface area (Å²) < 4.78 is 11.8. The molecule has 0 aromatic heterocycles. The summed E-state index contributed by atoms with van der Waals surface area (Å²) in [6.07, 6.45) is 3.72. The lowest BCUT2D eigenvalue weighted by atomic mass is 10.1. The van der Waals surface area contributed by atoms with E-state index in [1.807, 2.05) is 62.4 Å². The molecule has 3 aromatic carbocycles. The number of hydrogen-bond donors (Lipinski definition) is 0. The zero-order valence-electron chi connectivity index (χ0n) is 22.3. The SMILES string of the molecule is CCCCN1C(=O)/C(=C\c2ccc(OCc3ccc([N+](=O)[O-])cc3)c(OCC)c2)SC1=Nc1ccc(C)cc1. The highest BCUT2D eigenvalue weighted by Gasteiger charge is 2.33. The number of benzene rings is 3. The number of thioether (sulfide) groups is 1. The Morgan fingerprint density at radius 1 is 1.00 bits per heavy atom. The lowest BCUT2D eigenvalue weighted by Crippen LogP contribution is -2.30. The van der Waals surface area contributed by atoms with Crippen LogP contribution < -0.4 is 9.47 Å². The molecule has 1 fully saturated rings. The van der Waals surface area contributed by atoms with Gasteiger partial charge in [-0.25, -0.2) is 4.99 Å². The summed E-state index contributed by atoms with van der Waals surface area (Å²) in [6.45, 7) is 7.31. The van der Waals surface area contributed by atoms with Gasteiger partial charge in [-0.1, -0.05) is 37.1 Å². The third kappa shape index (κ3) is 7.26. The smallest absolute Gasteiger partial charge is 0.269 e. The zero-order valence-corrected chi connectivity index (χ0v) is 23.1. The van der Waals surface area contributed by atoms with E-state index in [0.717, 1.165) is 35.2 Å². The Morgan fingerprint density at radius 2 is 1.74 bits per heavy atom. The van der Waals surface area contributed by atoms with Crippen LogP contribution >= 0.6 is 11.8 Å². The summed E-state index contributed by atoms with van der Waals surface area (Å²) in [6, 6.07) is 19.7. The van der Waals surface area contributed by atoms with Gasteiger partial charge in [0, 0.05) is 18.7 Å². The average molecular weight is 546 g/mol. The number of carbonyl (C=O) groups is 1. The number of ether oxygens (including phenoxy) is 2. The van der Waals surface area contributed by atoms with Crippen molar-refractivity contribution in [3.63, 3.8) is 0 Å². The predicted molar refractivity (Wildman–Crippen MR) is 156 cm³/mol. The zero-order chi connectivity index (χ0) is 27.8. The van der Waals surface area contributed by atoms with Gasteiger partial charge in [0.25, 0.3) is 11.6 Å². The summed E-state index contributed by atoms with van der Waals surface area (Å²) in [5.74, 6) is 1.05. The van der Waals surface area contributed by atoms with Crippen LogP contribution in [0.2, 0.25) is 0 Å². The first-order chi connectivity index (χ1) is 18.9. The van der Waals surface area contributed by atoms with Crippen LogP contribution in [0.3, 0.4) is 0 Å². The highest BCUT2D eigenvalue weighted by atomic mass is 32.2. The van der Waals surface area contributed by atoms with Crippen LogP contribution in [0.5, 0.6) is 11.5 Å². The number of amides is 1. The molecule has 1 aliphatic rings. The molecule has 8 nitrogen and oxygen atoms in total. The van der Waals surface area contributed by atoms with Gasteiger partial charge in [-0.3, -0.25) is 19.8 Å². The maximum Gasteiger partial charge on any atom is 0.269 e. The van der Waals surface area contributed by atoms with Crippen molar-refractivity contribution in [2.75, 3.05) is 13.2 Å². The molecular formula is C30H31N3O5S. The van der Waals surface area contributed by atoms with Crippen LogP contribution in [-0.2, 0) is 11.4 Å². The fourth-order valence-electron chi connectivity index (χ4n) is 3.86. The molecule has 1 saturated heterocycles. The van der Waals surface area contributed by atoms with Gasteiger partial charge in [0.1, 0.15) is 6.61 Å². The summed E-state index contributed by atoms with van der Waals surface area (Å²) in [5.41, 5.74) is 3.61. The predicted octanol–water partition coefficient (Wildman–Crippen LogP) is 7.29. The van der Waals surface area contributed by atoms with Gasteiger partial charge in [0.05, 0.1) is 22.1 Å². The molecular weight excluding hydrogens is 514 g/mol. The van der Waals surface area contributed by atoms with Crippen LogP contribution in [-0.4, -0.2) is 34.0 Å². The molecule has 4 rings (SSSR count). The van der Waals surface area contributed by atoms with E-state index < -0.39 is 4.92 Å². The average Bonchev–Trinajstić information content (AvgIpc) is 3.21. The van der Waals surface area contributed by atoms with Crippen molar-refractivity contribution < 1.29 is 19.2 Å². The lowest BCUT2D eigenvalue weighted by Gasteiger charge is -2.15. The van der Waals surface area contributed by atoms with Crippen molar-refractivity contribution in [3.05, 3.63) is 98.4 Å². The Hall–Kier alpha value is -4.11. The number of nitro benzene ring substituents is 1. The number of rotatable bonds is 11. The Morgan fingerprint density at radius 3 is 2.41 bits per heavy atom. The van der Waals surface area contributed by atoms with Gasteiger partial charge >= 0.3 is 0 Å². The van der Waals surface area contributed by atoms with Gasteiger partial charge < -0.3 is 9.47 Å². The highest BCUT2D eigenvalue weighted by molar-refractivity contribution is 8.18. The molecule has 0 aliphatic carbocycles. The molecule has 0 atom stereocenters. The van der Waals surface area contributed by atoms with E-state index in [9.17, 15) is 14.9 Å². The van der Waals surface area contributed by atoms with Crippen LogP contribution in [0.4, 0.5) is 11.4 Å². The summed E-state index contributed by atoms with van der Waals surface area (Å²) in [7, 11) is 0. The summed E-state index contributed by atoms with van der Waals surface area (Å²) >= 11 is 1.37. The van der Waals surface area contributed by atoms with Gasteiger partial charge in [-0.15, -0.1) is 0 Å². The second kappa shape index (κ2) is 13.1. The van der Waals surface area contributed by atoms with E-state index in [2.05, 4.69) is 6.92 Å². The monoisotopic (exact) mass is 545 g/mol. The largest absolute Gasteiger partial charge is 0.490 e. The molecule has 3 aromatic rings. The number of non-ortho nitro benzene ring substituents is 1. The number of aliphatic imine (C=N–C) groups is 1. The molecule has 0 saturated carbocycles. The standard InChI is InChI=1S/C30H31N3O5S/c1-4-6-17-32-29(34)28(39-30(32)31-24-12-7-21(3)8-13-24)19-23-11-16-26(27(18-23)37-5-2)38-20-22-9-14-25(15-10-22)33(35)36/h7-16,18-19H,4-6,17,20H2,1-3H3/b28-19+,31-30?. The minimum atomic E-state index is -0.432. The summed E-state index contributed by atoms with van der Waals surface area (Å²) in [5, 5.41) is 11.6. The van der Waals surface area contributed by atoms with Gasteiger partial charge in [0.15, 0.2) is 16.7 Å². The van der Waals surface area contributed by atoms with E-state index in [1.165, 1.54) is 23.9 Å². The number of unbranched alkanes of at least 4 members (excludes halogenated alkanes) is 1. The first-order valence-electron chi connectivity index (χ1n) is 12.9. The molecule has 1 aliphatic heterocycles. The molecule has 1 heterocycles. The second-order valence-corrected chi connectivity index (χ2v) is 10.0. The second-order valence-electron chi connectivity index (χ2n) is 9.00. The number of carbonyl (C=O) groups excluding carboxylic acids is 1. The number of nitro groups is 1. The van der Waals surface area contributed by atoms with Crippen LogP contribution in [0, 0.1) is 17.0 Å². The minimum absolute atomic E-state index is 0.0332. The Bertz CT molecular complexity index is 1380. The van der Waals surface area contributed by atoms with Crippen molar-refractivity contribution in [1.82, 2.24) is 4.90 Å². The molecule has 0 unspecified atom stereocenters. The van der Waals surface area contributed by atoms with Crippen LogP contribution in [0.1, 0.15) is 43.4 Å². The molecule has 202 valence electrons. The molecule has 9 heteroatoms.